The van der Waals surface area contributed by atoms with E-state index in [1.807, 2.05) is 34.1 Å². The molecule has 0 aliphatic carbocycles. The van der Waals surface area contributed by atoms with Crippen LogP contribution in [0.15, 0.2) is 48.5 Å². The molecule has 1 saturated heterocycles. The Bertz CT molecular complexity index is 795. The summed E-state index contributed by atoms with van der Waals surface area (Å²) in [6.07, 6.45) is 0.859. The highest BCUT2D eigenvalue weighted by Crippen LogP contribution is 2.34. The molecule has 26 heavy (non-hydrogen) atoms. The summed E-state index contributed by atoms with van der Waals surface area (Å²) in [5.41, 5.74) is 8.96. The first kappa shape index (κ1) is 16.8. The van der Waals surface area contributed by atoms with Crippen LogP contribution in [0.4, 0.5) is 20.6 Å². The lowest BCUT2D eigenvalue weighted by Crippen LogP contribution is -2.49. The molecule has 1 fully saturated rings. The molecule has 0 aromatic heterocycles. The molecule has 4 rings (SSSR count). The maximum absolute atomic E-state index is 13.1. The van der Waals surface area contributed by atoms with E-state index in [-0.39, 0.29) is 17.9 Å². The minimum Gasteiger partial charge on any atom is -0.364 e. The van der Waals surface area contributed by atoms with Crippen molar-refractivity contribution < 1.29 is 9.18 Å². The maximum atomic E-state index is 13.1. The Balaban J connectivity index is 1.56. The number of anilines is 2. The van der Waals surface area contributed by atoms with E-state index in [2.05, 4.69) is 4.90 Å². The Morgan fingerprint density at radius 3 is 2.46 bits per heavy atom. The van der Waals surface area contributed by atoms with Crippen LogP contribution in [0.3, 0.4) is 0 Å². The molecule has 2 aromatic carbocycles. The molecule has 0 bridgehead atoms. The normalized spacial score (nSPS) is 19.6. The maximum Gasteiger partial charge on any atom is 0.324 e. The molecule has 2 aromatic rings. The minimum atomic E-state index is -0.228. The Hall–Kier alpha value is -2.60. The lowest BCUT2D eigenvalue weighted by Gasteiger charge is -2.39. The van der Waals surface area contributed by atoms with Gasteiger partial charge in [-0.25, -0.2) is 9.18 Å². The predicted molar refractivity (Wildman–Crippen MR) is 101 cm³/mol. The van der Waals surface area contributed by atoms with Gasteiger partial charge < -0.3 is 15.5 Å². The number of para-hydroxylation sites is 2. The Labute approximate surface area is 152 Å². The van der Waals surface area contributed by atoms with E-state index in [1.165, 1.54) is 12.1 Å². The Morgan fingerprint density at radius 1 is 1.04 bits per heavy atom. The minimum absolute atomic E-state index is 0.0341. The van der Waals surface area contributed by atoms with Gasteiger partial charge in [-0.3, -0.25) is 4.90 Å². The van der Waals surface area contributed by atoms with Crippen LogP contribution in [0.25, 0.3) is 0 Å². The first-order valence-electron chi connectivity index (χ1n) is 9.02. The van der Waals surface area contributed by atoms with E-state index < -0.39 is 0 Å². The van der Waals surface area contributed by atoms with Crippen molar-refractivity contribution in [2.45, 2.75) is 19.0 Å². The van der Waals surface area contributed by atoms with Crippen molar-refractivity contribution in [2.75, 3.05) is 36.0 Å². The van der Waals surface area contributed by atoms with Crippen LogP contribution in [0, 0.1) is 5.82 Å². The van der Waals surface area contributed by atoms with Crippen LogP contribution in [0.2, 0.25) is 0 Å². The van der Waals surface area contributed by atoms with Crippen molar-refractivity contribution in [1.82, 2.24) is 4.90 Å². The molecule has 5 nitrogen and oxygen atoms in total. The van der Waals surface area contributed by atoms with Crippen molar-refractivity contribution in [3.63, 3.8) is 0 Å². The molecule has 2 aliphatic rings. The topological polar surface area (TPSA) is 52.8 Å². The van der Waals surface area contributed by atoms with Crippen molar-refractivity contribution >= 4 is 17.4 Å². The highest BCUT2D eigenvalue weighted by atomic mass is 19.1. The second-order valence-electron chi connectivity index (χ2n) is 6.97. The van der Waals surface area contributed by atoms with E-state index in [0.29, 0.717) is 19.6 Å². The van der Waals surface area contributed by atoms with Crippen molar-refractivity contribution in [1.29, 1.82) is 0 Å². The number of benzene rings is 2. The van der Waals surface area contributed by atoms with Crippen molar-refractivity contribution in [2.24, 2.45) is 5.73 Å². The summed E-state index contributed by atoms with van der Waals surface area (Å²) in [5.74, 6) is -0.228. The van der Waals surface area contributed by atoms with E-state index >= 15 is 0 Å². The Morgan fingerprint density at radius 2 is 1.77 bits per heavy atom. The van der Waals surface area contributed by atoms with Crippen molar-refractivity contribution in [3.8, 4) is 0 Å². The summed E-state index contributed by atoms with van der Waals surface area (Å²) < 4.78 is 13.1. The van der Waals surface area contributed by atoms with Gasteiger partial charge in [-0.05, 0) is 36.2 Å². The van der Waals surface area contributed by atoms with Gasteiger partial charge in [0.25, 0.3) is 0 Å². The molecule has 2 amide bonds. The molecular formula is C20H23FN4O. The molecule has 1 atom stereocenters. The summed E-state index contributed by atoms with van der Waals surface area (Å²) in [5, 5.41) is 0. The van der Waals surface area contributed by atoms with Gasteiger partial charge in [0.2, 0.25) is 0 Å². The molecule has 0 spiro atoms. The van der Waals surface area contributed by atoms with E-state index in [0.717, 1.165) is 36.4 Å². The first-order valence-corrected chi connectivity index (χ1v) is 9.02. The number of carbonyl (C=O) groups is 1. The SMILES string of the molecule is NC1CCN(C(=O)N2CCN(Cc3ccc(F)cc3)c3ccccc32)C1. The van der Waals surface area contributed by atoms with E-state index in [4.69, 9.17) is 5.73 Å². The summed E-state index contributed by atoms with van der Waals surface area (Å²) in [7, 11) is 0. The van der Waals surface area contributed by atoms with Crippen molar-refractivity contribution in [3.05, 3.63) is 59.9 Å². The molecule has 136 valence electrons. The third-order valence-corrected chi connectivity index (χ3v) is 5.12. The summed E-state index contributed by atoms with van der Waals surface area (Å²) >= 11 is 0. The molecule has 0 saturated carbocycles. The van der Waals surface area contributed by atoms with Crippen LogP contribution >= 0.6 is 0 Å². The lowest BCUT2D eigenvalue weighted by atomic mass is 10.1. The van der Waals surface area contributed by atoms with Gasteiger partial charge in [0.15, 0.2) is 0 Å². The second-order valence-corrected chi connectivity index (χ2v) is 6.97. The van der Waals surface area contributed by atoms with Crippen LogP contribution in [-0.2, 0) is 6.54 Å². The van der Waals surface area contributed by atoms with E-state index in [9.17, 15) is 9.18 Å². The van der Waals surface area contributed by atoms with Gasteiger partial charge >= 0.3 is 6.03 Å². The first-order chi connectivity index (χ1) is 12.6. The zero-order valence-corrected chi connectivity index (χ0v) is 14.6. The largest absolute Gasteiger partial charge is 0.364 e. The van der Waals surface area contributed by atoms with Crippen LogP contribution in [0.5, 0.6) is 0 Å². The third-order valence-electron chi connectivity index (χ3n) is 5.12. The second kappa shape index (κ2) is 6.96. The molecule has 2 aliphatic heterocycles. The molecular weight excluding hydrogens is 331 g/mol. The van der Waals surface area contributed by atoms with Gasteiger partial charge in [0.05, 0.1) is 11.4 Å². The number of likely N-dealkylation sites (tertiary alicyclic amines) is 1. The van der Waals surface area contributed by atoms with Gasteiger partial charge in [0.1, 0.15) is 5.82 Å². The van der Waals surface area contributed by atoms with Gasteiger partial charge in [-0.1, -0.05) is 24.3 Å². The number of carbonyl (C=O) groups excluding carboxylic acids is 1. The zero-order valence-electron chi connectivity index (χ0n) is 14.6. The number of hydrogen-bond acceptors (Lipinski definition) is 3. The molecule has 1 unspecified atom stereocenters. The fourth-order valence-corrected chi connectivity index (χ4v) is 3.73. The number of urea groups is 1. The van der Waals surface area contributed by atoms with Crippen LogP contribution < -0.4 is 15.5 Å². The van der Waals surface area contributed by atoms with Gasteiger partial charge in [-0.15, -0.1) is 0 Å². The fraction of sp³-hybridized carbons (Fsp3) is 0.350. The zero-order chi connectivity index (χ0) is 18.1. The number of amides is 2. The Kier molecular flexibility index (Phi) is 4.51. The number of nitrogens with zero attached hydrogens (tertiary/aromatic N) is 3. The summed E-state index contributed by atoms with van der Waals surface area (Å²) in [4.78, 5) is 18.9. The number of nitrogens with two attached hydrogens (primary N) is 1. The summed E-state index contributed by atoms with van der Waals surface area (Å²) in [6.45, 7) is 3.39. The third kappa shape index (κ3) is 3.24. The average molecular weight is 354 g/mol. The van der Waals surface area contributed by atoms with Gasteiger partial charge in [-0.2, -0.15) is 0 Å². The predicted octanol–water partition coefficient (Wildman–Crippen LogP) is 2.81. The summed E-state index contributed by atoms with van der Waals surface area (Å²) in [6, 6.07) is 14.7. The molecule has 6 heteroatoms. The monoisotopic (exact) mass is 354 g/mol. The fourth-order valence-electron chi connectivity index (χ4n) is 3.73. The number of rotatable bonds is 2. The van der Waals surface area contributed by atoms with Gasteiger partial charge in [0, 0.05) is 38.8 Å². The van der Waals surface area contributed by atoms with Crippen LogP contribution in [0.1, 0.15) is 12.0 Å². The van der Waals surface area contributed by atoms with E-state index in [1.54, 1.807) is 12.1 Å². The standard InChI is InChI=1S/C20H23FN4O/c21-16-7-5-15(6-8-16)13-23-11-12-25(19-4-2-1-3-18(19)23)20(26)24-10-9-17(22)14-24/h1-8,17H,9-14,22H2. The average Bonchev–Trinajstić information content (AvgIpc) is 3.10. The number of hydrogen-bond donors (Lipinski definition) is 1. The lowest BCUT2D eigenvalue weighted by molar-refractivity contribution is 0.214. The highest BCUT2D eigenvalue weighted by molar-refractivity contribution is 5.97. The molecule has 2 heterocycles. The smallest absolute Gasteiger partial charge is 0.324 e. The number of halogens is 1. The van der Waals surface area contributed by atoms with Crippen LogP contribution in [-0.4, -0.2) is 43.2 Å². The quantitative estimate of drug-likeness (QED) is 0.902. The molecule has 0 radical (unpaired) electrons. The molecule has 2 N–H and O–H groups in total. The highest BCUT2D eigenvalue weighted by Gasteiger charge is 2.32. The number of fused-ring (bicyclic) bond motifs is 1.